The van der Waals surface area contributed by atoms with Crippen LogP contribution in [0.1, 0.15) is 28.1 Å². The van der Waals surface area contributed by atoms with Crippen LogP contribution in [0.15, 0.2) is 17.6 Å². The Morgan fingerprint density at radius 1 is 1.61 bits per heavy atom. The second kappa shape index (κ2) is 5.22. The molecule has 0 fully saturated rings. The Hall–Kier alpha value is -1.82. The van der Waals surface area contributed by atoms with Crippen molar-refractivity contribution in [1.29, 1.82) is 0 Å². The van der Waals surface area contributed by atoms with E-state index in [-0.39, 0.29) is 5.91 Å². The number of nitrogen functional groups attached to an aromatic ring is 1. The fourth-order valence-electron chi connectivity index (χ4n) is 1.74. The largest absolute Gasteiger partial charge is 0.397 e. The first-order valence-corrected chi connectivity index (χ1v) is 6.63. The predicted octanol–water partition coefficient (Wildman–Crippen LogP) is 1.79. The summed E-state index contributed by atoms with van der Waals surface area (Å²) in [7, 11) is 0. The van der Waals surface area contributed by atoms with Crippen LogP contribution in [-0.2, 0) is 13.1 Å². The summed E-state index contributed by atoms with van der Waals surface area (Å²) in [6.45, 7) is 5.08. The predicted molar refractivity (Wildman–Crippen MR) is 72.5 cm³/mol. The van der Waals surface area contributed by atoms with Crippen LogP contribution in [0.2, 0.25) is 0 Å². The molecule has 96 valence electrons. The third-order valence-corrected chi connectivity index (χ3v) is 3.41. The SMILES string of the molecule is CCn1cc(N)cc1C(=O)NCc1csc(C)n1. The first-order valence-electron chi connectivity index (χ1n) is 5.75. The summed E-state index contributed by atoms with van der Waals surface area (Å²) in [6, 6.07) is 1.69. The molecule has 0 atom stereocenters. The highest BCUT2D eigenvalue weighted by atomic mass is 32.1. The van der Waals surface area contributed by atoms with Crippen molar-refractivity contribution < 1.29 is 4.79 Å². The highest BCUT2D eigenvalue weighted by molar-refractivity contribution is 7.09. The summed E-state index contributed by atoms with van der Waals surface area (Å²) in [5, 5.41) is 5.79. The van der Waals surface area contributed by atoms with Gasteiger partial charge < -0.3 is 15.6 Å². The van der Waals surface area contributed by atoms with E-state index < -0.39 is 0 Å². The Labute approximate surface area is 110 Å². The Balaban J connectivity index is 2.03. The lowest BCUT2D eigenvalue weighted by Gasteiger charge is -2.06. The molecular formula is C12H16N4OS. The Bertz CT molecular complexity index is 558. The Morgan fingerprint density at radius 2 is 2.39 bits per heavy atom. The smallest absolute Gasteiger partial charge is 0.268 e. The summed E-state index contributed by atoms with van der Waals surface area (Å²) in [5.41, 5.74) is 7.76. The molecule has 2 rings (SSSR count). The third-order valence-electron chi connectivity index (χ3n) is 2.59. The molecule has 6 heteroatoms. The molecule has 0 radical (unpaired) electrons. The normalized spacial score (nSPS) is 10.6. The van der Waals surface area contributed by atoms with E-state index in [4.69, 9.17) is 5.73 Å². The number of aromatic nitrogens is 2. The van der Waals surface area contributed by atoms with Crippen LogP contribution in [0.3, 0.4) is 0 Å². The lowest BCUT2D eigenvalue weighted by molar-refractivity contribution is 0.0941. The minimum atomic E-state index is -0.126. The molecule has 0 unspecified atom stereocenters. The fraction of sp³-hybridized carbons (Fsp3) is 0.333. The van der Waals surface area contributed by atoms with E-state index in [1.165, 1.54) is 0 Å². The van der Waals surface area contributed by atoms with E-state index >= 15 is 0 Å². The molecule has 18 heavy (non-hydrogen) atoms. The maximum Gasteiger partial charge on any atom is 0.268 e. The molecule has 0 saturated heterocycles. The van der Waals surface area contributed by atoms with Crippen LogP contribution < -0.4 is 11.1 Å². The minimum Gasteiger partial charge on any atom is -0.397 e. The number of nitrogens with one attached hydrogen (secondary N) is 1. The number of carbonyl (C=O) groups is 1. The van der Waals surface area contributed by atoms with Crippen molar-refractivity contribution in [2.75, 3.05) is 5.73 Å². The standard InChI is InChI=1S/C12H16N4OS/c1-3-16-6-9(13)4-11(16)12(17)14-5-10-7-18-8(2)15-10/h4,6-7H,3,5,13H2,1-2H3,(H,14,17). The molecule has 0 aliphatic rings. The maximum absolute atomic E-state index is 12.0. The first-order chi connectivity index (χ1) is 8.60. The average Bonchev–Trinajstić information content (AvgIpc) is 2.92. The number of amides is 1. The highest BCUT2D eigenvalue weighted by Crippen LogP contribution is 2.11. The van der Waals surface area contributed by atoms with Gasteiger partial charge in [0, 0.05) is 18.1 Å². The number of nitrogens with two attached hydrogens (primary N) is 1. The van der Waals surface area contributed by atoms with E-state index in [0.29, 0.717) is 17.9 Å². The molecular weight excluding hydrogens is 248 g/mol. The van der Waals surface area contributed by atoms with Crippen molar-refractivity contribution in [2.24, 2.45) is 0 Å². The maximum atomic E-state index is 12.0. The highest BCUT2D eigenvalue weighted by Gasteiger charge is 2.12. The number of nitrogens with zero attached hydrogens (tertiary/aromatic N) is 2. The molecule has 0 bridgehead atoms. The van der Waals surface area contributed by atoms with Gasteiger partial charge in [0.15, 0.2) is 0 Å². The Kier molecular flexibility index (Phi) is 3.66. The number of aryl methyl sites for hydroxylation is 2. The van der Waals surface area contributed by atoms with Gasteiger partial charge in [-0.25, -0.2) is 4.98 Å². The summed E-state index contributed by atoms with van der Waals surface area (Å²) in [5.74, 6) is -0.126. The number of hydrogen-bond acceptors (Lipinski definition) is 4. The third kappa shape index (κ3) is 2.70. The van der Waals surface area contributed by atoms with Gasteiger partial charge in [-0.2, -0.15) is 0 Å². The summed E-state index contributed by atoms with van der Waals surface area (Å²) >= 11 is 1.58. The zero-order chi connectivity index (χ0) is 13.1. The van der Waals surface area contributed by atoms with E-state index in [0.717, 1.165) is 17.2 Å². The molecule has 1 amide bonds. The zero-order valence-electron chi connectivity index (χ0n) is 10.4. The van der Waals surface area contributed by atoms with Crippen LogP contribution in [-0.4, -0.2) is 15.5 Å². The number of thiazole rings is 1. The molecule has 5 nitrogen and oxygen atoms in total. The van der Waals surface area contributed by atoms with Crippen molar-refractivity contribution in [3.63, 3.8) is 0 Å². The Morgan fingerprint density at radius 3 is 3.00 bits per heavy atom. The zero-order valence-corrected chi connectivity index (χ0v) is 11.3. The van der Waals surface area contributed by atoms with Gasteiger partial charge in [0.25, 0.3) is 5.91 Å². The number of hydrogen-bond donors (Lipinski definition) is 2. The number of carbonyl (C=O) groups excluding carboxylic acids is 1. The topological polar surface area (TPSA) is 72.9 Å². The van der Waals surface area contributed by atoms with Gasteiger partial charge >= 0.3 is 0 Å². The van der Waals surface area contributed by atoms with Crippen LogP contribution in [0.5, 0.6) is 0 Å². The van der Waals surface area contributed by atoms with Gasteiger partial charge in [-0.05, 0) is 19.9 Å². The molecule has 0 aromatic carbocycles. The van der Waals surface area contributed by atoms with Crippen molar-refractivity contribution in [1.82, 2.24) is 14.9 Å². The van der Waals surface area contributed by atoms with E-state index in [2.05, 4.69) is 10.3 Å². The van der Waals surface area contributed by atoms with Gasteiger partial charge in [-0.15, -0.1) is 11.3 Å². The second-order valence-electron chi connectivity index (χ2n) is 3.99. The average molecular weight is 264 g/mol. The van der Waals surface area contributed by atoms with Crippen LogP contribution in [0.4, 0.5) is 5.69 Å². The molecule has 0 aliphatic carbocycles. The lowest BCUT2D eigenvalue weighted by atomic mass is 10.3. The quantitative estimate of drug-likeness (QED) is 0.884. The number of anilines is 1. The van der Waals surface area contributed by atoms with Crippen LogP contribution in [0.25, 0.3) is 0 Å². The van der Waals surface area contributed by atoms with Gasteiger partial charge in [0.2, 0.25) is 0 Å². The second-order valence-corrected chi connectivity index (χ2v) is 5.05. The lowest BCUT2D eigenvalue weighted by Crippen LogP contribution is -2.25. The van der Waals surface area contributed by atoms with Crippen LogP contribution in [0, 0.1) is 6.92 Å². The first kappa shape index (κ1) is 12.6. The van der Waals surface area contributed by atoms with Crippen molar-refractivity contribution >= 4 is 22.9 Å². The summed E-state index contributed by atoms with van der Waals surface area (Å²) < 4.78 is 1.83. The van der Waals surface area contributed by atoms with Gasteiger partial charge in [-0.3, -0.25) is 4.79 Å². The monoisotopic (exact) mass is 264 g/mol. The molecule has 2 aromatic heterocycles. The molecule has 0 aliphatic heterocycles. The summed E-state index contributed by atoms with van der Waals surface area (Å²) in [4.78, 5) is 16.3. The van der Waals surface area contributed by atoms with Gasteiger partial charge in [0.05, 0.1) is 22.9 Å². The van der Waals surface area contributed by atoms with E-state index in [1.54, 1.807) is 23.6 Å². The molecule has 2 aromatic rings. The number of rotatable bonds is 4. The van der Waals surface area contributed by atoms with Gasteiger partial charge in [-0.1, -0.05) is 0 Å². The van der Waals surface area contributed by atoms with Crippen molar-refractivity contribution in [3.8, 4) is 0 Å². The minimum absolute atomic E-state index is 0.126. The van der Waals surface area contributed by atoms with E-state index in [9.17, 15) is 4.79 Å². The van der Waals surface area contributed by atoms with Crippen molar-refractivity contribution in [2.45, 2.75) is 26.9 Å². The molecule has 0 saturated carbocycles. The van der Waals surface area contributed by atoms with Crippen molar-refractivity contribution in [3.05, 3.63) is 34.0 Å². The fourth-order valence-corrected chi connectivity index (χ4v) is 2.35. The molecule has 0 spiro atoms. The molecule has 3 N–H and O–H groups in total. The van der Waals surface area contributed by atoms with E-state index in [1.807, 2.05) is 23.8 Å². The molecule has 2 heterocycles. The van der Waals surface area contributed by atoms with Gasteiger partial charge in [0.1, 0.15) is 5.69 Å². The van der Waals surface area contributed by atoms with Crippen LogP contribution >= 0.6 is 11.3 Å². The summed E-state index contributed by atoms with van der Waals surface area (Å²) in [6.07, 6.45) is 1.77.